The fourth-order valence-electron chi connectivity index (χ4n) is 1.69. The number of hydrogen-bond donors (Lipinski definition) is 3. The number of urea groups is 1. The summed E-state index contributed by atoms with van der Waals surface area (Å²) in [5.41, 5.74) is 5.59. The van der Waals surface area contributed by atoms with Gasteiger partial charge >= 0.3 is 12.4 Å². The van der Waals surface area contributed by atoms with Crippen molar-refractivity contribution in [3.8, 4) is 5.75 Å². The molecular weight excluding hydrogens is 318 g/mol. The lowest BCUT2D eigenvalue weighted by Gasteiger charge is -2.11. The minimum Gasteiger partial charge on any atom is -0.406 e. The van der Waals surface area contributed by atoms with E-state index >= 15 is 0 Å². The van der Waals surface area contributed by atoms with E-state index in [2.05, 4.69) is 15.4 Å². The predicted octanol–water partition coefficient (Wildman–Crippen LogP) is 3.95. The van der Waals surface area contributed by atoms with Gasteiger partial charge in [0.2, 0.25) is 0 Å². The number of amides is 2. The van der Waals surface area contributed by atoms with Gasteiger partial charge in [0.15, 0.2) is 0 Å². The van der Waals surface area contributed by atoms with Crippen molar-refractivity contribution in [2.45, 2.75) is 6.36 Å². The van der Waals surface area contributed by atoms with Crippen LogP contribution in [0.5, 0.6) is 5.75 Å². The number of carbonyl (C=O) groups excluding carboxylic acids is 1. The molecule has 0 unspecified atom stereocenters. The predicted molar refractivity (Wildman–Crippen MR) is 76.6 cm³/mol. The average molecular weight is 329 g/mol. The Bertz CT molecular complexity index is 719. The van der Waals surface area contributed by atoms with E-state index in [-0.39, 0.29) is 17.1 Å². The van der Waals surface area contributed by atoms with Crippen molar-refractivity contribution < 1.29 is 27.1 Å². The summed E-state index contributed by atoms with van der Waals surface area (Å²) in [6.45, 7) is 0. The molecule has 0 fully saturated rings. The van der Waals surface area contributed by atoms with E-state index < -0.39 is 24.0 Å². The van der Waals surface area contributed by atoms with Gasteiger partial charge in [0.05, 0.1) is 5.69 Å². The first kappa shape index (κ1) is 16.4. The van der Waals surface area contributed by atoms with Crippen molar-refractivity contribution in [1.82, 2.24) is 0 Å². The van der Waals surface area contributed by atoms with E-state index in [1.165, 1.54) is 24.3 Å². The molecule has 0 saturated carbocycles. The third-order valence-corrected chi connectivity index (χ3v) is 2.56. The maximum Gasteiger partial charge on any atom is 0.573 e. The molecular formula is C14H11F4N3O2. The number of nitrogens with two attached hydrogens (primary N) is 1. The summed E-state index contributed by atoms with van der Waals surface area (Å²) in [5.74, 6) is -1.20. The Morgan fingerprint density at radius 1 is 1.09 bits per heavy atom. The molecule has 0 heterocycles. The van der Waals surface area contributed by atoms with E-state index in [4.69, 9.17) is 5.73 Å². The van der Waals surface area contributed by atoms with Crippen LogP contribution >= 0.6 is 0 Å². The first-order valence-corrected chi connectivity index (χ1v) is 6.22. The number of alkyl halides is 3. The average Bonchev–Trinajstić information content (AvgIpc) is 2.41. The van der Waals surface area contributed by atoms with Gasteiger partial charge in [-0.25, -0.2) is 9.18 Å². The van der Waals surface area contributed by atoms with Crippen LogP contribution in [0.4, 0.5) is 39.4 Å². The molecule has 9 heteroatoms. The third-order valence-electron chi connectivity index (χ3n) is 2.56. The highest BCUT2D eigenvalue weighted by Gasteiger charge is 2.31. The minimum absolute atomic E-state index is 0.0357. The Morgan fingerprint density at radius 2 is 1.83 bits per heavy atom. The number of anilines is 3. The van der Waals surface area contributed by atoms with Crippen molar-refractivity contribution >= 4 is 23.1 Å². The van der Waals surface area contributed by atoms with Crippen LogP contribution in [0.3, 0.4) is 0 Å². The van der Waals surface area contributed by atoms with Crippen LogP contribution in [0, 0.1) is 5.82 Å². The Kier molecular flexibility index (Phi) is 4.58. The molecule has 122 valence electrons. The van der Waals surface area contributed by atoms with Crippen LogP contribution in [0.15, 0.2) is 42.5 Å². The van der Waals surface area contributed by atoms with E-state index in [0.29, 0.717) is 0 Å². The molecule has 0 aliphatic heterocycles. The molecule has 0 aliphatic carbocycles. The summed E-state index contributed by atoms with van der Waals surface area (Å²) in [7, 11) is 0. The number of ether oxygens (including phenoxy) is 1. The molecule has 23 heavy (non-hydrogen) atoms. The number of benzene rings is 2. The Balaban J connectivity index is 2.05. The maximum absolute atomic E-state index is 13.5. The second kappa shape index (κ2) is 6.42. The highest BCUT2D eigenvalue weighted by Crippen LogP contribution is 2.25. The zero-order valence-electron chi connectivity index (χ0n) is 11.4. The van der Waals surface area contributed by atoms with Gasteiger partial charge in [-0.15, -0.1) is 13.2 Å². The quantitative estimate of drug-likeness (QED) is 0.589. The van der Waals surface area contributed by atoms with Crippen LogP contribution < -0.4 is 21.1 Å². The largest absolute Gasteiger partial charge is 0.573 e. The van der Waals surface area contributed by atoms with Gasteiger partial charge in [-0.3, -0.25) is 0 Å². The molecule has 2 aromatic rings. The van der Waals surface area contributed by atoms with Gasteiger partial charge in [0.1, 0.15) is 11.6 Å². The van der Waals surface area contributed by atoms with E-state index in [1.54, 1.807) is 0 Å². The molecule has 0 saturated heterocycles. The second-order valence-electron chi connectivity index (χ2n) is 4.39. The molecule has 0 aromatic heterocycles. The lowest BCUT2D eigenvalue weighted by molar-refractivity contribution is -0.274. The van der Waals surface area contributed by atoms with Crippen molar-refractivity contribution in [3.05, 3.63) is 48.3 Å². The number of rotatable bonds is 3. The van der Waals surface area contributed by atoms with Gasteiger partial charge in [-0.2, -0.15) is 0 Å². The molecule has 2 amide bonds. The third kappa shape index (κ3) is 5.06. The van der Waals surface area contributed by atoms with Crippen LogP contribution in [0.2, 0.25) is 0 Å². The van der Waals surface area contributed by atoms with Gasteiger partial charge < -0.3 is 21.1 Å². The van der Waals surface area contributed by atoms with Crippen LogP contribution in [0.25, 0.3) is 0 Å². The maximum atomic E-state index is 13.5. The normalized spacial score (nSPS) is 11.0. The van der Waals surface area contributed by atoms with E-state index in [0.717, 1.165) is 18.2 Å². The Labute approximate surface area is 128 Å². The summed E-state index contributed by atoms with van der Waals surface area (Å²) in [6, 6.07) is 7.41. The molecule has 0 bridgehead atoms. The summed E-state index contributed by atoms with van der Waals surface area (Å²) in [4.78, 5) is 11.7. The number of halogens is 4. The topological polar surface area (TPSA) is 76.4 Å². The molecule has 0 radical (unpaired) electrons. The van der Waals surface area contributed by atoms with Crippen molar-refractivity contribution in [3.63, 3.8) is 0 Å². The fourth-order valence-corrected chi connectivity index (χ4v) is 1.69. The molecule has 0 spiro atoms. The van der Waals surface area contributed by atoms with Crippen LogP contribution in [-0.2, 0) is 0 Å². The Hall–Kier alpha value is -2.97. The van der Waals surface area contributed by atoms with Crippen LogP contribution in [0.1, 0.15) is 0 Å². The standard InChI is InChI=1S/C14H11F4N3O2/c15-11-5-4-8(19)6-12(11)21-13(22)20-9-2-1-3-10(7-9)23-14(16,17)18/h1-7H,19H2,(H2,20,21,22). The lowest BCUT2D eigenvalue weighted by atomic mass is 10.2. The van der Waals surface area contributed by atoms with Gasteiger partial charge in [-0.05, 0) is 30.3 Å². The molecule has 0 aliphatic rings. The smallest absolute Gasteiger partial charge is 0.406 e. The first-order valence-electron chi connectivity index (χ1n) is 6.22. The minimum atomic E-state index is -4.84. The highest BCUT2D eigenvalue weighted by atomic mass is 19.4. The van der Waals surface area contributed by atoms with Crippen molar-refractivity contribution in [2.24, 2.45) is 0 Å². The van der Waals surface area contributed by atoms with E-state index in [1.807, 2.05) is 0 Å². The SMILES string of the molecule is Nc1ccc(F)c(NC(=O)Nc2cccc(OC(F)(F)F)c2)c1. The molecule has 0 atom stereocenters. The summed E-state index contributed by atoms with van der Waals surface area (Å²) < 4.78 is 53.6. The highest BCUT2D eigenvalue weighted by molar-refractivity contribution is 6.00. The summed E-state index contributed by atoms with van der Waals surface area (Å²) in [6.07, 6.45) is -4.84. The first-order chi connectivity index (χ1) is 10.7. The number of carbonyl (C=O) groups is 1. The summed E-state index contributed by atoms with van der Waals surface area (Å²) >= 11 is 0. The number of nitrogen functional groups attached to an aromatic ring is 1. The van der Waals surface area contributed by atoms with Crippen molar-refractivity contribution in [1.29, 1.82) is 0 Å². The second-order valence-corrected chi connectivity index (χ2v) is 4.39. The monoisotopic (exact) mass is 329 g/mol. The Morgan fingerprint density at radius 3 is 2.52 bits per heavy atom. The zero-order chi connectivity index (χ0) is 17.0. The van der Waals surface area contributed by atoms with Gasteiger partial charge in [-0.1, -0.05) is 6.07 Å². The van der Waals surface area contributed by atoms with Crippen molar-refractivity contribution in [2.75, 3.05) is 16.4 Å². The zero-order valence-corrected chi connectivity index (χ0v) is 11.4. The summed E-state index contributed by atoms with van der Waals surface area (Å²) in [5, 5.41) is 4.46. The van der Waals surface area contributed by atoms with E-state index in [9.17, 15) is 22.4 Å². The number of nitrogens with one attached hydrogen (secondary N) is 2. The molecule has 4 N–H and O–H groups in total. The fraction of sp³-hybridized carbons (Fsp3) is 0.0714. The van der Waals surface area contributed by atoms with Gasteiger partial charge in [0, 0.05) is 17.4 Å². The molecule has 5 nitrogen and oxygen atoms in total. The molecule has 2 rings (SSSR count). The van der Waals surface area contributed by atoms with Crippen LogP contribution in [-0.4, -0.2) is 12.4 Å². The van der Waals surface area contributed by atoms with Gasteiger partial charge in [0.25, 0.3) is 0 Å². The number of hydrogen-bond acceptors (Lipinski definition) is 3. The lowest BCUT2D eigenvalue weighted by Crippen LogP contribution is -2.20. The molecule has 2 aromatic carbocycles.